The summed E-state index contributed by atoms with van der Waals surface area (Å²) in [5.41, 5.74) is 2.19. The van der Waals surface area contributed by atoms with Gasteiger partial charge in [0, 0.05) is 19.2 Å². The third-order valence-corrected chi connectivity index (χ3v) is 4.99. The van der Waals surface area contributed by atoms with Gasteiger partial charge in [0.05, 0.1) is 0 Å². The average molecular weight is 339 g/mol. The predicted octanol–water partition coefficient (Wildman–Crippen LogP) is 5.59. The van der Waals surface area contributed by atoms with Crippen LogP contribution >= 0.6 is 0 Å². The molecule has 0 aliphatic carbocycles. The molecule has 0 fully saturated rings. The van der Waals surface area contributed by atoms with E-state index >= 15 is 0 Å². The van der Waals surface area contributed by atoms with Crippen LogP contribution in [0.25, 0.3) is 21.5 Å². The van der Waals surface area contributed by atoms with Crippen molar-refractivity contribution in [2.75, 3.05) is 11.9 Å². The van der Waals surface area contributed by atoms with Gasteiger partial charge < -0.3 is 4.90 Å². The zero-order valence-electron chi connectivity index (χ0n) is 14.9. The molecule has 2 nitrogen and oxygen atoms in total. The van der Waals surface area contributed by atoms with Gasteiger partial charge in [0.25, 0.3) is 0 Å². The van der Waals surface area contributed by atoms with E-state index in [2.05, 4.69) is 54.6 Å². The number of hydrogen-bond acceptors (Lipinski definition) is 1. The second-order valence-corrected chi connectivity index (χ2v) is 6.59. The van der Waals surface area contributed by atoms with Crippen molar-refractivity contribution in [1.82, 2.24) is 0 Å². The van der Waals surface area contributed by atoms with Gasteiger partial charge in [-0.1, -0.05) is 66.7 Å². The molecule has 0 bridgehead atoms. The van der Waals surface area contributed by atoms with Gasteiger partial charge in [-0.15, -0.1) is 0 Å². The Labute approximate surface area is 153 Å². The minimum atomic E-state index is 0.133. The van der Waals surface area contributed by atoms with Gasteiger partial charge >= 0.3 is 0 Å². The van der Waals surface area contributed by atoms with Crippen LogP contribution < -0.4 is 4.90 Å². The van der Waals surface area contributed by atoms with E-state index in [-0.39, 0.29) is 5.91 Å². The van der Waals surface area contributed by atoms with E-state index in [1.54, 1.807) is 4.90 Å². The molecule has 0 aliphatic rings. The van der Waals surface area contributed by atoms with Crippen molar-refractivity contribution in [3.63, 3.8) is 0 Å². The fourth-order valence-electron chi connectivity index (χ4n) is 3.57. The predicted molar refractivity (Wildman–Crippen MR) is 110 cm³/mol. The van der Waals surface area contributed by atoms with E-state index < -0.39 is 0 Å². The number of anilines is 1. The normalized spacial score (nSPS) is 11.0. The van der Waals surface area contributed by atoms with Crippen LogP contribution in [0.2, 0.25) is 0 Å². The highest BCUT2D eigenvalue weighted by Gasteiger charge is 2.13. The van der Waals surface area contributed by atoms with Crippen molar-refractivity contribution >= 4 is 33.1 Å². The zero-order chi connectivity index (χ0) is 17.9. The van der Waals surface area contributed by atoms with E-state index in [4.69, 9.17) is 0 Å². The lowest BCUT2D eigenvalue weighted by Gasteiger charge is -2.18. The Bertz CT molecular complexity index is 1020. The summed E-state index contributed by atoms with van der Waals surface area (Å²) in [6, 6.07) is 28.9. The van der Waals surface area contributed by atoms with Crippen LogP contribution in [0.1, 0.15) is 12.0 Å². The number of hydrogen-bond donors (Lipinski definition) is 0. The van der Waals surface area contributed by atoms with Crippen LogP contribution in [-0.4, -0.2) is 13.0 Å². The Morgan fingerprint density at radius 3 is 1.92 bits per heavy atom. The standard InChI is InChI=1S/C24H21NO/c1-25(20-11-3-2-4-12-20)24(26)16-15-23-21-13-7-5-9-18(21)17-19-10-6-8-14-22(19)23/h2-14,17H,15-16H2,1H3. The topological polar surface area (TPSA) is 20.3 Å². The van der Waals surface area contributed by atoms with Crippen molar-refractivity contribution in [1.29, 1.82) is 0 Å². The Balaban J connectivity index is 1.67. The van der Waals surface area contributed by atoms with Crippen molar-refractivity contribution in [2.45, 2.75) is 12.8 Å². The number of carbonyl (C=O) groups is 1. The van der Waals surface area contributed by atoms with E-state index in [9.17, 15) is 4.79 Å². The number of aryl methyl sites for hydroxylation is 1. The number of para-hydroxylation sites is 1. The molecule has 0 heterocycles. The molecule has 2 heteroatoms. The first-order chi connectivity index (χ1) is 12.7. The zero-order valence-corrected chi connectivity index (χ0v) is 14.9. The molecule has 4 aromatic rings. The van der Waals surface area contributed by atoms with Crippen molar-refractivity contribution in [2.24, 2.45) is 0 Å². The molecule has 26 heavy (non-hydrogen) atoms. The first kappa shape index (κ1) is 16.3. The van der Waals surface area contributed by atoms with Crippen molar-refractivity contribution in [3.8, 4) is 0 Å². The van der Waals surface area contributed by atoms with Gasteiger partial charge in [0.1, 0.15) is 0 Å². The van der Waals surface area contributed by atoms with E-state index in [1.165, 1.54) is 27.1 Å². The number of nitrogens with zero attached hydrogens (tertiary/aromatic N) is 1. The third-order valence-electron chi connectivity index (χ3n) is 4.99. The molecule has 0 saturated heterocycles. The summed E-state index contributed by atoms with van der Waals surface area (Å²) in [7, 11) is 1.85. The lowest BCUT2D eigenvalue weighted by atomic mass is 9.94. The number of carbonyl (C=O) groups excluding carboxylic acids is 1. The lowest BCUT2D eigenvalue weighted by Crippen LogP contribution is -2.26. The summed E-state index contributed by atoms with van der Waals surface area (Å²) in [4.78, 5) is 14.5. The van der Waals surface area contributed by atoms with Crippen LogP contribution in [0.4, 0.5) is 5.69 Å². The number of rotatable bonds is 4. The van der Waals surface area contributed by atoms with Crippen LogP contribution in [-0.2, 0) is 11.2 Å². The van der Waals surface area contributed by atoms with E-state index in [0.29, 0.717) is 6.42 Å². The number of benzene rings is 4. The highest BCUT2D eigenvalue weighted by atomic mass is 16.2. The maximum atomic E-state index is 12.7. The molecule has 4 rings (SSSR count). The maximum absolute atomic E-state index is 12.7. The number of amides is 1. The minimum Gasteiger partial charge on any atom is -0.315 e. The van der Waals surface area contributed by atoms with Crippen molar-refractivity contribution in [3.05, 3.63) is 90.5 Å². The van der Waals surface area contributed by atoms with Gasteiger partial charge in [-0.05, 0) is 51.7 Å². The van der Waals surface area contributed by atoms with E-state index in [1.807, 2.05) is 37.4 Å². The fourth-order valence-corrected chi connectivity index (χ4v) is 3.57. The van der Waals surface area contributed by atoms with Crippen LogP contribution in [0.15, 0.2) is 84.9 Å². The molecule has 0 atom stereocenters. The molecule has 0 spiro atoms. The quantitative estimate of drug-likeness (QED) is 0.444. The Kier molecular flexibility index (Phi) is 4.40. The molecule has 1 amide bonds. The summed E-state index contributed by atoms with van der Waals surface area (Å²) < 4.78 is 0. The lowest BCUT2D eigenvalue weighted by molar-refractivity contribution is -0.118. The van der Waals surface area contributed by atoms with E-state index in [0.717, 1.165) is 12.1 Å². The SMILES string of the molecule is CN(C(=O)CCc1c2ccccc2cc2ccccc12)c1ccccc1. The van der Waals surface area contributed by atoms with Gasteiger partial charge in [-0.25, -0.2) is 0 Å². The maximum Gasteiger partial charge on any atom is 0.227 e. The second kappa shape index (κ2) is 7.01. The Hall–Kier alpha value is -3.13. The summed E-state index contributed by atoms with van der Waals surface area (Å²) >= 11 is 0. The minimum absolute atomic E-state index is 0.133. The fraction of sp³-hybridized carbons (Fsp3) is 0.125. The molecule has 0 unspecified atom stereocenters. The first-order valence-corrected chi connectivity index (χ1v) is 8.95. The van der Waals surface area contributed by atoms with Crippen LogP contribution in [0, 0.1) is 0 Å². The molecular weight excluding hydrogens is 318 g/mol. The largest absolute Gasteiger partial charge is 0.315 e. The molecule has 0 aliphatic heterocycles. The summed E-state index contributed by atoms with van der Waals surface area (Å²) in [5, 5.41) is 4.93. The summed E-state index contributed by atoms with van der Waals surface area (Å²) in [6.45, 7) is 0. The first-order valence-electron chi connectivity index (χ1n) is 8.95. The molecular formula is C24H21NO. The van der Waals surface area contributed by atoms with Crippen LogP contribution in [0.3, 0.4) is 0 Å². The molecule has 0 aromatic heterocycles. The van der Waals surface area contributed by atoms with Gasteiger partial charge in [0.2, 0.25) is 5.91 Å². The average Bonchev–Trinajstić information content (AvgIpc) is 2.71. The third kappa shape index (κ3) is 3.06. The van der Waals surface area contributed by atoms with Gasteiger partial charge in [-0.2, -0.15) is 0 Å². The Morgan fingerprint density at radius 2 is 1.31 bits per heavy atom. The molecule has 0 saturated carbocycles. The highest BCUT2D eigenvalue weighted by Crippen LogP contribution is 2.29. The molecule has 0 radical (unpaired) electrons. The van der Waals surface area contributed by atoms with Gasteiger partial charge in [-0.3, -0.25) is 4.79 Å². The second-order valence-electron chi connectivity index (χ2n) is 6.59. The highest BCUT2D eigenvalue weighted by molar-refractivity contribution is 6.03. The van der Waals surface area contributed by atoms with Crippen molar-refractivity contribution < 1.29 is 4.79 Å². The molecule has 0 N–H and O–H groups in total. The molecule has 4 aromatic carbocycles. The Morgan fingerprint density at radius 1 is 0.769 bits per heavy atom. The summed E-state index contributed by atoms with van der Waals surface area (Å²) in [6.07, 6.45) is 1.22. The monoisotopic (exact) mass is 339 g/mol. The molecule has 128 valence electrons. The van der Waals surface area contributed by atoms with Crippen LogP contribution in [0.5, 0.6) is 0 Å². The smallest absolute Gasteiger partial charge is 0.227 e. The van der Waals surface area contributed by atoms with Gasteiger partial charge in [0.15, 0.2) is 0 Å². The number of fused-ring (bicyclic) bond motifs is 2. The summed E-state index contributed by atoms with van der Waals surface area (Å²) in [5.74, 6) is 0.133.